The summed E-state index contributed by atoms with van der Waals surface area (Å²) >= 11 is 0. The lowest BCUT2D eigenvalue weighted by atomic mass is 10.0. The molecule has 0 fully saturated rings. The zero-order valence-electron chi connectivity index (χ0n) is 15.9. The van der Waals surface area contributed by atoms with Gasteiger partial charge in [0.05, 0.1) is 19.4 Å². The van der Waals surface area contributed by atoms with Gasteiger partial charge in [0, 0.05) is 24.7 Å². The monoisotopic (exact) mass is 405 g/mol. The van der Waals surface area contributed by atoms with Gasteiger partial charge in [0.1, 0.15) is 5.75 Å². The summed E-state index contributed by atoms with van der Waals surface area (Å²) in [5.74, 6) is 0.0263. The van der Waals surface area contributed by atoms with E-state index < -0.39 is 16.1 Å². The normalized spacial score (nSPS) is 12.1. The van der Waals surface area contributed by atoms with Crippen LogP contribution in [-0.2, 0) is 19.6 Å². The fourth-order valence-corrected chi connectivity index (χ4v) is 3.33. The van der Waals surface area contributed by atoms with Gasteiger partial charge in [-0.15, -0.1) is 0 Å². The molecule has 0 aromatic heterocycles. The third-order valence-corrected chi connectivity index (χ3v) is 4.44. The van der Waals surface area contributed by atoms with Crippen molar-refractivity contribution in [2.24, 2.45) is 0 Å². The number of hydrogen-bond donors (Lipinski definition) is 3. The van der Waals surface area contributed by atoms with Crippen molar-refractivity contribution in [3.63, 3.8) is 0 Å². The largest absolute Gasteiger partial charge is 0.497 e. The van der Waals surface area contributed by atoms with Crippen LogP contribution in [0, 0.1) is 0 Å². The third-order valence-electron chi connectivity index (χ3n) is 3.73. The lowest BCUT2D eigenvalue weighted by molar-refractivity contribution is -0.116. The molecule has 150 valence electrons. The number of amides is 2. The summed E-state index contributed by atoms with van der Waals surface area (Å²) in [6.07, 6.45) is 0.933. The van der Waals surface area contributed by atoms with Crippen LogP contribution in [0.2, 0.25) is 0 Å². The van der Waals surface area contributed by atoms with E-state index in [0.29, 0.717) is 22.7 Å². The average Bonchev–Trinajstić information content (AvgIpc) is 2.60. The molecule has 8 nitrogen and oxygen atoms in total. The van der Waals surface area contributed by atoms with E-state index in [1.165, 1.54) is 14.0 Å². The molecule has 1 atom stereocenters. The molecule has 3 N–H and O–H groups in total. The molecular weight excluding hydrogens is 382 g/mol. The maximum absolute atomic E-state index is 12.5. The second-order valence-electron chi connectivity index (χ2n) is 6.23. The van der Waals surface area contributed by atoms with Crippen LogP contribution in [0.1, 0.15) is 24.9 Å². The minimum absolute atomic E-state index is 0.107. The van der Waals surface area contributed by atoms with E-state index in [9.17, 15) is 18.0 Å². The van der Waals surface area contributed by atoms with Crippen molar-refractivity contribution in [2.45, 2.75) is 19.4 Å². The highest BCUT2D eigenvalue weighted by Crippen LogP contribution is 2.22. The molecular formula is C19H23N3O5S. The summed E-state index contributed by atoms with van der Waals surface area (Å²) < 4.78 is 31.0. The molecule has 0 aliphatic rings. The first-order valence-corrected chi connectivity index (χ1v) is 10.3. The van der Waals surface area contributed by atoms with Crippen molar-refractivity contribution in [2.75, 3.05) is 24.0 Å². The summed E-state index contributed by atoms with van der Waals surface area (Å²) in [4.78, 5) is 23.6. The summed E-state index contributed by atoms with van der Waals surface area (Å²) in [6.45, 7) is 1.39. The molecule has 2 aromatic carbocycles. The number of benzene rings is 2. The fraction of sp³-hybridized carbons (Fsp3) is 0.263. The Morgan fingerprint density at radius 1 is 1.04 bits per heavy atom. The van der Waals surface area contributed by atoms with Gasteiger partial charge in [-0.05, 0) is 35.9 Å². The van der Waals surface area contributed by atoms with Gasteiger partial charge in [0.2, 0.25) is 21.8 Å². The quantitative estimate of drug-likeness (QED) is 0.623. The Morgan fingerprint density at radius 2 is 1.64 bits per heavy atom. The third kappa shape index (κ3) is 7.01. The molecule has 0 saturated heterocycles. The van der Waals surface area contributed by atoms with Crippen LogP contribution in [0.3, 0.4) is 0 Å². The molecule has 9 heteroatoms. The lowest BCUT2D eigenvalue weighted by Gasteiger charge is -2.18. The van der Waals surface area contributed by atoms with Gasteiger partial charge in [-0.1, -0.05) is 18.2 Å². The fourth-order valence-electron chi connectivity index (χ4n) is 2.60. The SMILES string of the molecule is COc1ccc([C@@H](CC(=O)Nc2cccc(NC(C)=O)c2)NS(C)(=O)=O)cc1. The molecule has 0 heterocycles. The molecule has 2 aromatic rings. The first-order chi connectivity index (χ1) is 13.2. The zero-order valence-corrected chi connectivity index (χ0v) is 16.7. The van der Waals surface area contributed by atoms with E-state index in [1.54, 1.807) is 48.5 Å². The topological polar surface area (TPSA) is 114 Å². The van der Waals surface area contributed by atoms with Crippen LogP contribution in [-0.4, -0.2) is 33.6 Å². The van der Waals surface area contributed by atoms with Gasteiger partial charge in [0.25, 0.3) is 0 Å². The number of sulfonamides is 1. The average molecular weight is 405 g/mol. The lowest BCUT2D eigenvalue weighted by Crippen LogP contribution is -2.30. The Morgan fingerprint density at radius 3 is 2.18 bits per heavy atom. The van der Waals surface area contributed by atoms with Gasteiger partial charge < -0.3 is 15.4 Å². The number of methoxy groups -OCH3 is 1. The molecule has 0 radical (unpaired) electrons. The Hall–Kier alpha value is -2.91. The molecule has 2 amide bonds. The minimum Gasteiger partial charge on any atom is -0.497 e. The van der Waals surface area contributed by atoms with E-state index >= 15 is 0 Å². The molecule has 0 saturated carbocycles. The maximum atomic E-state index is 12.5. The van der Waals surface area contributed by atoms with Crippen LogP contribution in [0.15, 0.2) is 48.5 Å². The first kappa shape index (κ1) is 21.4. The number of ether oxygens (including phenoxy) is 1. The number of anilines is 2. The van der Waals surface area contributed by atoms with Crippen molar-refractivity contribution in [1.82, 2.24) is 4.72 Å². The summed E-state index contributed by atoms with van der Waals surface area (Å²) in [5.41, 5.74) is 1.67. The van der Waals surface area contributed by atoms with Crippen LogP contribution in [0.25, 0.3) is 0 Å². The number of carbonyl (C=O) groups excluding carboxylic acids is 2. The van der Waals surface area contributed by atoms with Gasteiger partial charge in [0.15, 0.2) is 0 Å². The summed E-state index contributed by atoms with van der Waals surface area (Å²) in [6, 6.07) is 12.7. The van der Waals surface area contributed by atoms with E-state index in [0.717, 1.165) is 6.26 Å². The van der Waals surface area contributed by atoms with Gasteiger partial charge in [-0.3, -0.25) is 9.59 Å². The molecule has 0 aliphatic heterocycles. The van der Waals surface area contributed by atoms with Crippen molar-refractivity contribution >= 4 is 33.2 Å². The van der Waals surface area contributed by atoms with Crippen molar-refractivity contribution in [3.05, 3.63) is 54.1 Å². The zero-order chi connectivity index (χ0) is 20.7. The van der Waals surface area contributed by atoms with Crippen LogP contribution in [0.4, 0.5) is 11.4 Å². The highest BCUT2D eigenvalue weighted by molar-refractivity contribution is 7.88. The molecule has 0 unspecified atom stereocenters. The standard InChI is InChI=1S/C19H23N3O5S/c1-13(23)20-15-5-4-6-16(11-15)21-19(24)12-18(22-28(3,25)26)14-7-9-17(27-2)10-8-14/h4-11,18,22H,12H2,1-3H3,(H,20,23)(H,21,24)/t18-/m1/s1. The van der Waals surface area contributed by atoms with Crippen molar-refractivity contribution in [1.29, 1.82) is 0 Å². The molecule has 0 aliphatic carbocycles. The van der Waals surface area contributed by atoms with Crippen LogP contribution >= 0.6 is 0 Å². The Kier molecular flexibility index (Phi) is 7.13. The van der Waals surface area contributed by atoms with E-state index in [2.05, 4.69) is 15.4 Å². The van der Waals surface area contributed by atoms with E-state index in [1.807, 2.05) is 0 Å². The predicted octanol–water partition coefficient (Wildman–Crippen LogP) is 2.27. The molecule has 0 spiro atoms. The minimum atomic E-state index is -3.53. The van der Waals surface area contributed by atoms with Crippen LogP contribution < -0.4 is 20.1 Å². The van der Waals surface area contributed by atoms with Gasteiger partial charge in [-0.2, -0.15) is 0 Å². The van der Waals surface area contributed by atoms with Gasteiger partial charge in [-0.25, -0.2) is 13.1 Å². The highest BCUT2D eigenvalue weighted by atomic mass is 32.2. The number of hydrogen-bond acceptors (Lipinski definition) is 5. The number of rotatable bonds is 8. The predicted molar refractivity (Wildman–Crippen MR) is 108 cm³/mol. The molecule has 2 rings (SSSR count). The molecule has 28 heavy (non-hydrogen) atoms. The van der Waals surface area contributed by atoms with Crippen LogP contribution in [0.5, 0.6) is 5.75 Å². The van der Waals surface area contributed by atoms with E-state index in [-0.39, 0.29) is 18.2 Å². The Labute approximate surface area is 164 Å². The second-order valence-corrected chi connectivity index (χ2v) is 8.01. The maximum Gasteiger partial charge on any atom is 0.226 e. The van der Waals surface area contributed by atoms with Crippen molar-refractivity contribution < 1.29 is 22.7 Å². The molecule has 0 bridgehead atoms. The second kappa shape index (κ2) is 9.34. The number of nitrogens with one attached hydrogen (secondary N) is 3. The number of carbonyl (C=O) groups is 2. The Balaban J connectivity index is 2.14. The summed E-state index contributed by atoms with van der Waals surface area (Å²) in [7, 11) is -2.00. The smallest absolute Gasteiger partial charge is 0.226 e. The highest BCUT2D eigenvalue weighted by Gasteiger charge is 2.20. The first-order valence-electron chi connectivity index (χ1n) is 8.45. The van der Waals surface area contributed by atoms with Gasteiger partial charge >= 0.3 is 0 Å². The van der Waals surface area contributed by atoms with Crippen molar-refractivity contribution in [3.8, 4) is 5.75 Å². The summed E-state index contributed by atoms with van der Waals surface area (Å²) in [5, 5.41) is 5.35. The van der Waals surface area contributed by atoms with E-state index in [4.69, 9.17) is 4.74 Å². The Bertz CT molecular complexity index is 942.